The van der Waals surface area contributed by atoms with Gasteiger partial charge in [0.15, 0.2) is 0 Å². The Kier molecular flexibility index (Phi) is 5.33. The number of nitrogens with zero attached hydrogens (tertiary/aromatic N) is 1. The second-order valence-electron chi connectivity index (χ2n) is 7.46. The van der Waals surface area contributed by atoms with Crippen molar-refractivity contribution in [2.75, 3.05) is 13.1 Å². The van der Waals surface area contributed by atoms with Crippen LogP contribution in [0.4, 0.5) is 0 Å². The number of amides is 1. The lowest BCUT2D eigenvalue weighted by Gasteiger charge is -2.42. The molecule has 0 unspecified atom stereocenters. The summed E-state index contributed by atoms with van der Waals surface area (Å²) >= 11 is 4.34. The smallest absolute Gasteiger partial charge is 0.522 e. The summed E-state index contributed by atoms with van der Waals surface area (Å²) in [5.41, 5.74) is 6.54. The van der Waals surface area contributed by atoms with Crippen molar-refractivity contribution in [2.24, 2.45) is 5.73 Å². The zero-order valence-corrected chi connectivity index (χ0v) is 16.1. The van der Waals surface area contributed by atoms with E-state index >= 15 is 0 Å². The lowest BCUT2D eigenvalue weighted by Crippen LogP contribution is -2.62. The Morgan fingerprint density at radius 1 is 1.44 bits per heavy atom. The quantitative estimate of drug-likeness (QED) is 0.422. The monoisotopic (exact) mass is 394 g/mol. The standard InChI is InChI=1S/C17H23BN2O6S/c1-17(2,27)14(19)15(21)20-7-10(8-20)25-11-4-3-9-5-6-18(24)26-13(9)12(11)16(22)23/h3-4,10,14,24,27H,5-8,19H2,1-2H3,(H,22,23)/t14-/m0/s1. The topological polar surface area (TPSA) is 122 Å². The van der Waals surface area contributed by atoms with Gasteiger partial charge in [-0.15, -0.1) is 0 Å². The van der Waals surface area contributed by atoms with Crippen molar-refractivity contribution in [3.63, 3.8) is 0 Å². The van der Waals surface area contributed by atoms with Crippen molar-refractivity contribution in [1.82, 2.24) is 4.90 Å². The second kappa shape index (κ2) is 7.25. The molecule has 10 heteroatoms. The van der Waals surface area contributed by atoms with Crippen LogP contribution >= 0.6 is 12.6 Å². The lowest BCUT2D eigenvalue weighted by molar-refractivity contribution is -0.142. The Balaban J connectivity index is 1.70. The Labute approximate surface area is 163 Å². The molecule has 0 saturated carbocycles. The summed E-state index contributed by atoms with van der Waals surface area (Å²) < 4.78 is 10.5. The lowest BCUT2D eigenvalue weighted by atomic mass is 9.78. The van der Waals surface area contributed by atoms with Gasteiger partial charge in [0.05, 0.1) is 19.1 Å². The largest absolute Gasteiger partial charge is 0.535 e. The van der Waals surface area contributed by atoms with Crippen molar-refractivity contribution in [3.8, 4) is 11.5 Å². The highest BCUT2D eigenvalue weighted by molar-refractivity contribution is 7.81. The number of ether oxygens (including phenoxy) is 1. The first kappa shape index (κ1) is 19.8. The van der Waals surface area contributed by atoms with E-state index in [1.807, 2.05) is 0 Å². The van der Waals surface area contributed by atoms with E-state index in [-0.39, 0.29) is 29.1 Å². The molecule has 0 spiro atoms. The number of thiol groups is 1. The maximum atomic E-state index is 12.3. The highest BCUT2D eigenvalue weighted by Crippen LogP contribution is 2.37. The molecular formula is C17H23BN2O6S. The summed E-state index contributed by atoms with van der Waals surface area (Å²) in [6.07, 6.45) is 0.599. The van der Waals surface area contributed by atoms with E-state index < -0.39 is 23.9 Å². The summed E-state index contributed by atoms with van der Waals surface area (Å²) in [5, 5.41) is 19.3. The number of carbonyl (C=O) groups is 2. The molecule has 2 aliphatic heterocycles. The first-order valence-electron chi connectivity index (χ1n) is 8.75. The van der Waals surface area contributed by atoms with Gasteiger partial charge in [-0.25, -0.2) is 4.79 Å². The molecule has 1 fully saturated rings. The van der Waals surface area contributed by atoms with E-state index in [0.29, 0.717) is 25.8 Å². The summed E-state index contributed by atoms with van der Waals surface area (Å²) in [6.45, 7) is 4.17. The molecule has 8 nitrogen and oxygen atoms in total. The van der Waals surface area contributed by atoms with Gasteiger partial charge in [0, 0.05) is 4.75 Å². The number of rotatable bonds is 5. The molecule has 27 heavy (non-hydrogen) atoms. The fourth-order valence-corrected chi connectivity index (χ4v) is 3.20. The van der Waals surface area contributed by atoms with Gasteiger partial charge < -0.3 is 30.2 Å². The number of carbonyl (C=O) groups excluding carboxylic acids is 1. The first-order valence-corrected chi connectivity index (χ1v) is 9.20. The van der Waals surface area contributed by atoms with Crippen LogP contribution in [0, 0.1) is 0 Å². The minimum absolute atomic E-state index is 0.107. The number of benzene rings is 1. The van der Waals surface area contributed by atoms with Crippen LogP contribution in [0.3, 0.4) is 0 Å². The van der Waals surface area contributed by atoms with Crippen molar-refractivity contribution >= 4 is 31.6 Å². The van der Waals surface area contributed by atoms with Crippen LogP contribution in [0.1, 0.15) is 29.8 Å². The molecule has 0 aromatic heterocycles. The maximum absolute atomic E-state index is 12.3. The summed E-state index contributed by atoms with van der Waals surface area (Å²) in [4.78, 5) is 25.6. The number of fused-ring (bicyclic) bond motifs is 1. The van der Waals surface area contributed by atoms with Crippen LogP contribution in [0.2, 0.25) is 6.32 Å². The molecule has 1 aromatic carbocycles. The molecule has 1 aromatic rings. The molecule has 0 radical (unpaired) electrons. The van der Waals surface area contributed by atoms with Crippen LogP contribution in [-0.2, 0) is 11.2 Å². The van der Waals surface area contributed by atoms with Gasteiger partial charge in [0.2, 0.25) is 5.91 Å². The number of carboxylic acid groups (broad SMARTS) is 1. The molecule has 3 rings (SSSR count). The van der Waals surface area contributed by atoms with Crippen molar-refractivity contribution in [1.29, 1.82) is 0 Å². The first-order chi connectivity index (χ1) is 12.6. The fraction of sp³-hybridized carbons (Fsp3) is 0.529. The van der Waals surface area contributed by atoms with E-state index in [1.165, 1.54) is 0 Å². The predicted octanol–water partition coefficient (Wildman–Crippen LogP) is 0.425. The number of likely N-dealkylation sites (tertiary alicyclic amines) is 1. The van der Waals surface area contributed by atoms with Crippen molar-refractivity contribution in [2.45, 2.75) is 43.5 Å². The molecule has 0 aliphatic carbocycles. The number of hydrogen-bond acceptors (Lipinski definition) is 7. The van der Waals surface area contributed by atoms with Gasteiger partial charge in [-0.3, -0.25) is 4.79 Å². The van der Waals surface area contributed by atoms with Gasteiger partial charge >= 0.3 is 13.1 Å². The molecule has 0 bridgehead atoms. The normalized spacial score (nSPS) is 18.3. The van der Waals surface area contributed by atoms with Crippen LogP contribution in [-0.4, -0.2) is 64.0 Å². The average Bonchev–Trinajstić information content (AvgIpc) is 2.54. The van der Waals surface area contributed by atoms with E-state index in [4.69, 9.17) is 15.1 Å². The highest BCUT2D eigenvalue weighted by Gasteiger charge is 2.40. The second-order valence-corrected chi connectivity index (χ2v) is 8.61. The average molecular weight is 394 g/mol. The van der Waals surface area contributed by atoms with Crippen LogP contribution in [0.5, 0.6) is 11.5 Å². The number of nitrogens with two attached hydrogens (primary N) is 1. The molecule has 2 aliphatic rings. The molecular weight excluding hydrogens is 371 g/mol. The SMILES string of the molecule is CC(C)(S)[C@@H](N)C(=O)N1CC(Oc2ccc3c(c2C(=O)O)OB(O)CC3)C1. The maximum Gasteiger partial charge on any atom is 0.522 e. The zero-order valence-electron chi connectivity index (χ0n) is 15.2. The molecule has 146 valence electrons. The molecule has 1 saturated heterocycles. The predicted molar refractivity (Wildman–Crippen MR) is 103 cm³/mol. The van der Waals surface area contributed by atoms with Crippen LogP contribution < -0.4 is 15.1 Å². The van der Waals surface area contributed by atoms with Gasteiger partial charge in [0.25, 0.3) is 0 Å². The third-order valence-electron chi connectivity index (χ3n) is 4.81. The van der Waals surface area contributed by atoms with E-state index in [9.17, 15) is 19.7 Å². The molecule has 1 amide bonds. The fourth-order valence-electron chi connectivity index (χ4n) is 3.08. The van der Waals surface area contributed by atoms with Crippen LogP contribution in [0.25, 0.3) is 0 Å². The Hall–Kier alpha value is -1.91. The number of aromatic carboxylic acids is 1. The Morgan fingerprint density at radius 3 is 2.70 bits per heavy atom. The van der Waals surface area contributed by atoms with Crippen LogP contribution in [0.15, 0.2) is 12.1 Å². The van der Waals surface area contributed by atoms with Gasteiger partial charge in [0.1, 0.15) is 23.2 Å². The number of carboxylic acids is 1. The third kappa shape index (κ3) is 4.02. The van der Waals surface area contributed by atoms with E-state index in [2.05, 4.69) is 12.6 Å². The third-order valence-corrected chi connectivity index (χ3v) is 5.09. The highest BCUT2D eigenvalue weighted by atomic mass is 32.1. The van der Waals surface area contributed by atoms with E-state index in [1.54, 1.807) is 30.9 Å². The van der Waals surface area contributed by atoms with Crippen molar-refractivity contribution < 1.29 is 29.1 Å². The zero-order chi connectivity index (χ0) is 19.9. The summed E-state index contributed by atoms with van der Waals surface area (Å²) in [7, 11) is -1.03. The Morgan fingerprint density at radius 2 is 2.11 bits per heavy atom. The Bertz CT molecular complexity index is 763. The number of aryl methyl sites for hydroxylation is 1. The van der Waals surface area contributed by atoms with Gasteiger partial charge in [-0.05, 0) is 38.2 Å². The van der Waals surface area contributed by atoms with E-state index in [0.717, 1.165) is 5.56 Å². The molecule has 1 atom stereocenters. The van der Waals surface area contributed by atoms with Gasteiger partial charge in [-0.1, -0.05) is 6.07 Å². The van der Waals surface area contributed by atoms with Crippen molar-refractivity contribution in [3.05, 3.63) is 23.3 Å². The molecule has 4 N–H and O–H groups in total. The minimum Gasteiger partial charge on any atom is -0.535 e. The summed E-state index contributed by atoms with van der Waals surface area (Å²) in [6, 6.07) is 2.59. The van der Waals surface area contributed by atoms with Gasteiger partial charge in [-0.2, -0.15) is 12.6 Å². The number of hydrogen-bond donors (Lipinski definition) is 4. The minimum atomic E-state index is -1.19. The summed E-state index contributed by atoms with van der Waals surface area (Å²) in [5.74, 6) is -1.11. The molecule has 2 heterocycles.